The number of rotatable bonds is 12. The van der Waals surface area contributed by atoms with Crippen molar-refractivity contribution in [2.24, 2.45) is 17.4 Å². The number of nitrogens with one attached hydrogen (secondary N) is 3. The van der Waals surface area contributed by atoms with E-state index in [2.05, 4.69) is 20.6 Å². The molecule has 4 unspecified atom stereocenters. The summed E-state index contributed by atoms with van der Waals surface area (Å²) in [4.78, 5) is 69.6. The van der Waals surface area contributed by atoms with E-state index in [9.17, 15) is 29.1 Å². The van der Waals surface area contributed by atoms with Gasteiger partial charge >= 0.3 is 5.97 Å². The molecule has 4 amide bonds. The second-order valence-corrected chi connectivity index (χ2v) is 8.84. The summed E-state index contributed by atoms with van der Waals surface area (Å²) in [6, 6.07) is -4.37. The normalized spacial score (nSPS) is 18.2. The van der Waals surface area contributed by atoms with Crippen LogP contribution in [0.1, 0.15) is 45.2 Å². The first-order valence-electron chi connectivity index (χ1n) is 11.1. The maximum Gasteiger partial charge on any atom is 0.326 e. The smallest absolute Gasteiger partial charge is 0.326 e. The van der Waals surface area contributed by atoms with Crippen molar-refractivity contribution < 1.29 is 29.1 Å². The molecule has 0 aliphatic carbocycles. The number of hydrogen-bond donors (Lipinski definition) is 6. The Morgan fingerprint density at radius 1 is 1.21 bits per heavy atom. The van der Waals surface area contributed by atoms with E-state index in [0.717, 1.165) is 0 Å². The van der Waals surface area contributed by atoms with Gasteiger partial charge in [0.1, 0.15) is 18.1 Å². The molecule has 1 aliphatic heterocycles. The van der Waals surface area contributed by atoms with Gasteiger partial charge in [-0.3, -0.25) is 19.2 Å². The van der Waals surface area contributed by atoms with Gasteiger partial charge in [0.25, 0.3) is 0 Å². The summed E-state index contributed by atoms with van der Waals surface area (Å²) in [6.45, 7) is 3.97. The van der Waals surface area contributed by atoms with Crippen LogP contribution in [-0.4, -0.2) is 80.3 Å². The van der Waals surface area contributed by atoms with Gasteiger partial charge in [-0.25, -0.2) is 9.78 Å². The molecule has 1 fully saturated rings. The number of H-pyrrole nitrogens is 1. The molecule has 0 saturated carbocycles. The molecule has 1 aromatic rings. The maximum absolute atomic E-state index is 13.1. The van der Waals surface area contributed by atoms with Gasteiger partial charge < -0.3 is 37.1 Å². The number of aliphatic carboxylic acids is 1. The van der Waals surface area contributed by atoms with Crippen molar-refractivity contribution in [2.45, 2.75) is 70.1 Å². The molecule has 1 aliphatic rings. The molecule has 0 spiro atoms. The number of primary amides is 1. The van der Waals surface area contributed by atoms with Crippen molar-refractivity contribution in [3.63, 3.8) is 0 Å². The third-order valence-electron chi connectivity index (χ3n) is 5.51. The molecule has 13 nitrogen and oxygen atoms in total. The Morgan fingerprint density at radius 3 is 2.44 bits per heavy atom. The van der Waals surface area contributed by atoms with Gasteiger partial charge in [-0.05, 0) is 25.2 Å². The molecule has 0 radical (unpaired) electrons. The molecule has 188 valence electrons. The van der Waals surface area contributed by atoms with Crippen LogP contribution in [0.3, 0.4) is 0 Å². The number of carbonyl (C=O) groups excluding carboxylic acids is 4. The van der Waals surface area contributed by atoms with E-state index in [1.165, 1.54) is 17.4 Å². The molecular weight excluding hydrogens is 446 g/mol. The molecule has 1 aromatic heterocycles. The zero-order valence-corrected chi connectivity index (χ0v) is 19.3. The Bertz CT molecular complexity index is 888. The largest absolute Gasteiger partial charge is 0.480 e. The highest BCUT2D eigenvalue weighted by Crippen LogP contribution is 2.20. The van der Waals surface area contributed by atoms with Crippen LogP contribution in [0, 0.1) is 5.92 Å². The number of nitrogens with two attached hydrogens (primary N) is 2. The predicted molar refractivity (Wildman–Crippen MR) is 120 cm³/mol. The summed E-state index contributed by atoms with van der Waals surface area (Å²) in [5.74, 6) is -3.94. The zero-order valence-electron chi connectivity index (χ0n) is 19.3. The highest BCUT2D eigenvalue weighted by molar-refractivity contribution is 5.96. The molecule has 0 aromatic carbocycles. The fourth-order valence-corrected chi connectivity index (χ4v) is 3.87. The van der Waals surface area contributed by atoms with Gasteiger partial charge in [0.2, 0.25) is 23.6 Å². The molecule has 0 bridgehead atoms. The van der Waals surface area contributed by atoms with E-state index >= 15 is 0 Å². The summed E-state index contributed by atoms with van der Waals surface area (Å²) < 4.78 is 0. The highest BCUT2D eigenvalue weighted by atomic mass is 16.4. The first-order valence-corrected chi connectivity index (χ1v) is 11.1. The molecule has 8 N–H and O–H groups in total. The number of carboxylic acids is 1. The number of nitrogens with zero attached hydrogens (tertiary/aromatic N) is 2. The van der Waals surface area contributed by atoms with Gasteiger partial charge in [0, 0.05) is 24.9 Å². The number of aromatic nitrogens is 2. The van der Waals surface area contributed by atoms with Gasteiger partial charge in [-0.1, -0.05) is 13.8 Å². The van der Waals surface area contributed by atoms with E-state index < -0.39 is 60.2 Å². The van der Waals surface area contributed by atoms with Crippen LogP contribution in [0.5, 0.6) is 0 Å². The average molecular weight is 480 g/mol. The van der Waals surface area contributed by atoms with Gasteiger partial charge in [0.05, 0.1) is 18.8 Å². The Morgan fingerprint density at radius 2 is 1.88 bits per heavy atom. The van der Waals surface area contributed by atoms with Crippen LogP contribution >= 0.6 is 0 Å². The average Bonchev–Trinajstić information content (AvgIpc) is 3.43. The predicted octanol–water partition coefficient (Wildman–Crippen LogP) is -1.75. The highest BCUT2D eigenvalue weighted by Gasteiger charge is 2.38. The minimum Gasteiger partial charge on any atom is -0.480 e. The van der Waals surface area contributed by atoms with Crippen molar-refractivity contribution in [1.29, 1.82) is 0 Å². The summed E-state index contributed by atoms with van der Waals surface area (Å²) in [5, 5.41) is 14.4. The van der Waals surface area contributed by atoms with E-state index in [1.54, 1.807) is 0 Å². The lowest BCUT2D eigenvalue weighted by Gasteiger charge is -2.29. The minimum atomic E-state index is -1.35. The summed E-state index contributed by atoms with van der Waals surface area (Å²) >= 11 is 0. The van der Waals surface area contributed by atoms with Crippen molar-refractivity contribution >= 4 is 29.6 Å². The molecule has 2 rings (SSSR count). The quantitative estimate of drug-likeness (QED) is 0.202. The standard InChI is InChI=1S/C21H33N7O6/c1-11(2)6-15(20(32)28-5-3-4-16(28)21(33)34)27-19(31)14(8-17(23)29)26-18(30)13(22)7-12-9-24-10-25-12/h9-11,13-16H,3-8,22H2,1-2H3,(H2,23,29)(H,24,25)(H,26,30)(H,27,31)(H,33,34). The summed E-state index contributed by atoms with van der Waals surface area (Å²) in [6.07, 6.45) is 3.67. The summed E-state index contributed by atoms with van der Waals surface area (Å²) in [5.41, 5.74) is 11.8. The number of carbonyl (C=O) groups is 5. The fraction of sp³-hybridized carbons (Fsp3) is 0.619. The van der Waals surface area contributed by atoms with Crippen molar-refractivity contribution in [1.82, 2.24) is 25.5 Å². The maximum atomic E-state index is 13.1. The minimum absolute atomic E-state index is 0.00728. The van der Waals surface area contributed by atoms with E-state index in [4.69, 9.17) is 11.5 Å². The second-order valence-electron chi connectivity index (χ2n) is 8.84. The van der Waals surface area contributed by atoms with Crippen LogP contribution < -0.4 is 22.1 Å². The van der Waals surface area contributed by atoms with Crippen LogP contribution in [0.4, 0.5) is 0 Å². The lowest BCUT2D eigenvalue weighted by molar-refractivity contribution is -0.149. The Hall–Kier alpha value is -3.48. The van der Waals surface area contributed by atoms with Crippen molar-refractivity contribution in [2.75, 3.05) is 6.54 Å². The SMILES string of the molecule is CC(C)CC(NC(=O)C(CC(N)=O)NC(=O)C(N)Cc1cnc[nH]1)C(=O)N1CCCC1C(=O)O. The van der Waals surface area contributed by atoms with Crippen LogP contribution in [-0.2, 0) is 30.4 Å². The molecule has 2 heterocycles. The summed E-state index contributed by atoms with van der Waals surface area (Å²) in [7, 11) is 0. The number of likely N-dealkylation sites (tertiary alicyclic amines) is 1. The molecule has 4 atom stereocenters. The van der Waals surface area contributed by atoms with E-state index in [-0.39, 0.29) is 25.3 Å². The Kier molecular flexibility index (Phi) is 9.54. The molecular formula is C21H33N7O6. The second kappa shape index (κ2) is 12.1. The third-order valence-corrected chi connectivity index (χ3v) is 5.51. The Labute approximate surface area is 197 Å². The number of amides is 4. The van der Waals surface area contributed by atoms with Crippen LogP contribution in [0.2, 0.25) is 0 Å². The lowest BCUT2D eigenvalue weighted by atomic mass is 10.0. The topological polar surface area (TPSA) is 214 Å². The third kappa shape index (κ3) is 7.54. The van der Waals surface area contributed by atoms with E-state index in [1.807, 2.05) is 13.8 Å². The Balaban J connectivity index is 2.12. The molecule has 13 heteroatoms. The first-order chi connectivity index (χ1) is 16.0. The van der Waals surface area contributed by atoms with Crippen LogP contribution in [0.15, 0.2) is 12.5 Å². The molecule has 1 saturated heterocycles. The zero-order chi connectivity index (χ0) is 25.4. The van der Waals surface area contributed by atoms with Crippen molar-refractivity contribution in [3.05, 3.63) is 18.2 Å². The van der Waals surface area contributed by atoms with Gasteiger partial charge in [-0.2, -0.15) is 0 Å². The number of aromatic amines is 1. The fourth-order valence-electron chi connectivity index (χ4n) is 3.87. The lowest BCUT2D eigenvalue weighted by Crippen LogP contribution is -2.58. The van der Waals surface area contributed by atoms with E-state index in [0.29, 0.717) is 18.5 Å². The van der Waals surface area contributed by atoms with Crippen molar-refractivity contribution in [3.8, 4) is 0 Å². The monoisotopic (exact) mass is 479 g/mol. The van der Waals surface area contributed by atoms with Gasteiger partial charge in [-0.15, -0.1) is 0 Å². The van der Waals surface area contributed by atoms with Crippen LogP contribution in [0.25, 0.3) is 0 Å². The van der Waals surface area contributed by atoms with Gasteiger partial charge in [0.15, 0.2) is 0 Å². The number of carboxylic acid groups (broad SMARTS) is 1. The number of hydrogen-bond acceptors (Lipinski definition) is 7. The molecule has 34 heavy (non-hydrogen) atoms. The first kappa shape index (κ1) is 26.8. The number of imidazole rings is 1.